The predicted octanol–water partition coefficient (Wildman–Crippen LogP) is 4.91. The van der Waals surface area contributed by atoms with Gasteiger partial charge in [0.25, 0.3) is 11.1 Å². The monoisotopic (exact) mass is 436 g/mol. The summed E-state index contributed by atoms with van der Waals surface area (Å²) in [7, 11) is 0. The van der Waals surface area contributed by atoms with Gasteiger partial charge in [-0.3, -0.25) is 4.79 Å². The van der Waals surface area contributed by atoms with E-state index < -0.39 is 0 Å². The molecule has 3 aromatic rings. The molecule has 0 saturated heterocycles. The molecule has 1 heterocycles. The molecule has 0 N–H and O–H groups in total. The van der Waals surface area contributed by atoms with Crippen LogP contribution in [0.4, 0.5) is 4.39 Å². The summed E-state index contributed by atoms with van der Waals surface area (Å²) in [6.45, 7) is 1.85. The molecule has 0 radical (unpaired) electrons. The van der Waals surface area contributed by atoms with Crippen LogP contribution in [-0.2, 0) is 6.61 Å². The molecule has 0 amide bonds. The van der Waals surface area contributed by atoms with Gasteiger partial charge in [-0.2, -0.15) is 0 Å². The summed E-state index contributed by atoms with van der Waals surface area (Å²) in [5.41, 5.74) is 0.618. The van der Waals surface area contributed by atoms with Gasteiger partial charge in [-0.25, -0.2) is 4.39 Å². The highest BCUT2D eigenvalue weighted by Gasteiger charge is 2.20. The van der Waals surface area contributed by atoms with E-state index in [2.05, 4.69) is 26.1 Å². The molecule has 1 aromatic heterocycles. The number of benzene rings is 2. The van der Waals surface area contributed by atoms with Crippen LogP contribution >= 0.6 is 27.7 Å². The number of hydrogen-bond acceptors (Lipinski definition) is 6. The van der Waals surface area contributed by atoms with Crippen molar-refractivity contribution in [2.24, 2.45) is 0 Å². The standard InChI is InChI=1S/C18H14BrFN2O3S/c1-11(17(23)12-2-4-13(19)5-3-12)26-18-22-21-16(25-18)10-24-15-8-6-14(20)7-9-15/h2-9,11H,10H2,1H3. The molecule has 0 saturated carbocycles. The van der Waals surface area contributed by atoms with Crippen molar-refractivity contribution in [2.75, 3.05) is 0 Å². The summed E-state index contributed by atoms with van der Waals surface area (Å²) in [6.07, 6.45) is 0. The number of rotatable bonds is 7. The van der Waals surface area contributed by atoms with Gasteiger partial charge < -0.3 is 9.15 Å². The van der Waals surface area contributed by atoms with Gasteiger partial charge in [-0.15, -0.1) is 10.2 Å². The van der Waals surface area contributed by atoms with E-state index in [0.29, 0.717) is 16.5 Å². The highest BCUT2D eigenvalue weighted by Crippen LogP contribution is 2.25. The maximum atomic E-state index is 12.9. The van der Waals surface area contributed by atoms with Gasteiger partial charge in [0.2, 0.25) is 0 Å². The molecule has 1 atom stereocenters. The average Bonchev–Trinajstić information content (AvgIpc) is 3.08. The fourth-order valence-corrected chi connectivity index (χ4v) is 3.12. The molecular weight excluding hydrogens is 423 g/mol. The first-order valence-electron chi connectivity index (χ1n) is 7.68. The summed E-state index contributed by atoms with van der Waals surface area (Å²) in [4.78, 5) is 12.4. The Balaban J connectivity index is 1.56. The second kappa shape index (κ2) is 8.46. The SMILES string of the molecule is CC(Sc1nnc(COc2ccc(F)cc2)o1)C(=O)c1ccc(Br)cc1. The molecule has 134 valence electrons. The molecule has 8 heteroatoms. The topological polar surface area (TPSA) is 65.2 Å². The summed E-state index contributed by atoms with van der Waals surface area (Å²) in [5, 5.41) is 7.73. The fraction of sp³-hybridized carbons (Fsp3) is 0.167. The number of carbonyl (C=O) groups is 1. The van der Waals surface area contributed by atoms with Gasteiger partial charge >= 0.3 is 0 Å². The molecule has 26 heavy (non-hydrogen) atoms. The van der Waals surface area contributed by atoms with Crippen molar-refractivity contribution in [3.8, 4) is 5.75 Å². The Bertz CT molecular complexity index is 884. The molecule has 0 aliphatic rings. The van der Waals surface area contributed by atoms with Crippen molar-refractivity contribution >= 4 is 33.5 Å². The maximum absolute atomic E-state index is 12.9. The van der Waals surface area contributed by atoms with E-state index in [-0.39, 0.29) is 29.3 Å². The molecule has 0 bridgehead atoms. The van der Waals surface area contributed by atoms with Crippen LogP contribution in [0.3, 0.4) is 0 Å². The van der Waals surface area contributed by atoms with E-state index in [4.69, 9.17) is 9.15 Å². The number of carbonyl (C=O) groups excluding carboxylic acids is 1. The average molecular weight is 437 g/mol. The lowest BCUT2D eigenvalue weighted by atomic mass is 10.1. The Morgan fingerprint density at radius 3 is 2.58 bits per heavy atom. The first-order chi connectivity index (χ1) is 12.5. The van der Waals surface area contributed by atoms with Crippen molar-refractivity contribution in [1.29, 1.82) is 0 Å². The quantitative estimate of drug-likeness (QED) is 0.387. The second-order valence-electron chi connectivity index (χ2n) is 5.34. The van der Waals surface area contributed by atoms with Gasteiger partial charge in [0, 0.05) is 10.0 Å². The van der Waals surface area contributed by atoms with Crippen LogP contribution in [0, 0.1) is 5.82 Å². The Morgan fingerprint density at radius 2 is 1.88 bits per heavy atom. The molecule has 1 unspecified atom stereocenters. The van der Waals surface area contributed by atoms with Crippen molar-refractivity contribution in [2.45, 2.75) is 24.0 Å². The summed E-state index contributed by atoms with van der Waals surface area (Å²) >= 11 is 4.53. The van der Waals surface area contributed by atoms with E-state index in [9.17, 15) is 9.18 Å². The van der Waals surface area contributed by atoms with Gasteiger partial charge in [0.15, 0.2) is 12.4 Å². The summed E-state index contributed by atoms with van der Waals surface area (Å²) < 4.78 is 24.7. The van der Waals surface area contributed by atoms with Crippen LogP contribution in [0.25, 0.3) is 0 Å². The van der Waals surface area contributed by atoms with E-state index in [1.54, 1.807) is 19.1 Å². The number of thioether (sulfide) groups is 1. The Labute approximate surface area is 162 Å². The third-order valence-electron chi connectivity index (χ3n) is 3.40. The van der Waals surface area contributed by atoms with Crippen molar-refractivity contribution in [3.63, 3.8) is 0 Å². The van der Waals surface area contributed by atoms with Gasteiger partial charge in [0.1, 0.15) is 11.6 Å². The smallest absolute Gasteiger partial charge is 0.277 e. The van der Waals surface area contributed by atoms with Crippen molar-refractivity contribution < 1.29 is 18.3 Å². The number of nitrogens with zero attached hydrogens (tertiary/aromatic N) is 2. The molecule has 2 aromatic carbocycles. The molecule has 5 nitrogen and oxygen atoms in total. The van der Waals surface area contributed by atoms with Crippen LogP contribution in [0.15, 0.2) is 62.6 Å². The normalized spacial score (nSPS) is 12.0. The molecule has 0 aliphatic heterocycles. The fourth-order valence-electron chi connectivity index (χ4n) is 2.07. The van der Waals surface area contributed by atoms with E-state index in [1.165, 1.54) is 36.0 Å². The number of ether oxygens (including phenoxy) is 1. The van der Waals surface area contributed by atoms with Gasteiger partial charge in [0.05, 0.1) is 5.25 Å². The minimum Gasteiger partial charge on any atom is -0.484 e. The zero-order valence-corrected chi connectivity index (χ0v) is 16.1. The lowest BCUT2D eigenvalue weighted by Gasteiger charge is -2.07. The molecular formula is C18H14BrFN2O3S. The molecule has 3 rings (SSSR count). The van der Waals surface area contributed by atoms with Crippen molar-refractivity contribution in [3.05, 3.63) is 70.3 Å². The van der Waals surface area contributed by atoms with Crippen LogP contribution in [0.2, 0.25) is 0 Å². The highest BCUT2D eigenvalue weighted by atomic mass is 79.9. The molecule has 0 spiro atoms. The first kappa shape index (κ1) is 18.6. The molecule has 0 fully saturated rings. The summed E-state index contributed by atoms with van der Waals surface area (Å²) in [5.74, 6) is 0.417. The number of aromatic nitrogens is 2. The van der Waals surface area contributed by atoms with Crippen LogP contribution in [-0.4, -0.2) is 21.2 Å². The Morgan fingerprint density at radius 1 is 1.19 bits per heavy atom. The minimum absolute atomic E-state index is 0.0233. The minimum atomic E-state index is -0.373. The number of Topliss-reactive ketones (excluding diaryl/α,β-unsaturated/α-hetero) is 1. The largest absolute Gasteiger partial charge is 0.484 e. The lowest BCUT2D eigenvalue weighted by Crippen LogP contribution is -2.13. The van der Waals surface area contributed by atoms with E-state index >= 15 is 0 Å². The Hall–Kier alpha value is -2.19. The molecule has 0 aliphatic carbocycles. The zero-order valence-electron chi connectivity index (χ0n) is 13.7. The third-order valence-corrected chi connectivity index (χ3v) is 4.86. The van der Waals surface area contributed by atoms with E-state index in [0.717, 1.165) is 4.47 Å². The number of hydrogen-bond donors (Lipinski definition) is 0. The lowest BCUT2D eigenvalue weighted by molar-refractivity contribution is 0.0993. The van der Waals surface area contributed by atoms with Crippen LogP contribution in [0.1, 0.15) is 23.2 Å². The van der Waals surface area contributed by atoms with Gasteiger partial charge in [-0.1, -0.05) is 39.8 Å². The summed E-state index contributed by atoms with van der Waals surface area (Å²) in [6, 6.07) is 12.8. The number of halogens is 2. The number of ketones is 1. The van der Waals surface area contributed by atoms with Gasteiger partial charge in [-0.05, 0) is 43.3 Å². The third kappa shape index (κ3) is 4.92. The van der Waals surface area contributed by atoms with Crippen molar-refractivity contribution in [1.82, 2.24) is 10.2 Å². The highest BCUT2D eigenvalue weighted by molar-refractivity contribution is 9.10. The predicted molar refractivity (Wildman–Crippen MR) is 98.8 cm³/mol. The maximum Gasteiger partial charge on any atom is 0.277 e. The van der Waals surface area contributed by atoms with Crippen LogP contribution in [0.5, 0.6) is 5.75 Å². The first-order valence-corrected chi connectivity index (χ1v) is 9.36. The zero-order chi connectivity index (χ0) is 18.5. The van der Waals surface area contributed by atoms with Crippen LogP contribution < -0.4 is 4.74 Å². The second-order valence-corrected chi connectivity index (χ2v) is 7.54. The van der Waals surface area contributed by atoms with E-state index in [1.807, 2.05) is 12.1 Å². The Kier molecular flexibility index (Phi) is 6.05.